The van der Waals surface area contributed by atoms with E-state index in [9.17, 15) is 4.79 Å². The molecule has 1 unspecified atom stereocenters. The number of imidazole rings is 1. The van der Waals surface area contributed by atoms with Crippen LogP contribution in [0.4, 0.5) is 0 Å². The molecule has 2 rings (SSSR count). The summed E-state index contributed by atoms with van der Waals surface area (Å²) in [7, 11) is 0. The first kappa shape index (κ1) is 13.5. The summed E-state index contributed by atoms with van der Waals surface area (Å²) in [5.74, 6) is 0.128. The van der Waals surface area contributed by atoms with E-state index in [0.717, 1.165) is 23.4 Å². The number of rotatable bonds is 4. The van der Waals surface area contributed by atoms with Crippen LogP contribution in [-0.4, -0.2) is 15.3 Å². The maximum Gasteiger partial charge on any atom is 0.185 e. The molecule has 0 saturated heterocycles. The van der Waals surface area contributed by atoms with E-state index in [2.05, 4.69) is 11.9 Å². The summed E-state index contributed by atoms with van der Waals surface area (Å²) in [6, 6.07) is 7.65. The molecule has 100 valence electrons. The number of carbonyl (C=O) groups excluding carboxylic acids is 1. The number of Topliss-reactive ketones (excluding diaryl/α,β-unsaturated/α-hetero) is 1. The summed E-state index contributed by atoms with van der Waals surface area (Å²) >= 11 is 0. The van der Waals surface area contributed by atoms with Gasteiger partial charge in [0.2, 0.25) is 0 Å². The van der Waals surface area contributed by atoms with Crippen LogP contribution in [0.25, 0.3) is 0 Å². The lowest BCUT2D eigenvalue weighted by atomic mass is 10.0. The number of nitrogens with zero attached hydrogens (tertiary/aromatic N) is 2. The number of hydrogen-bond acceptors (Lipinski definition) is 2. The van der Waals surface area contributed by atoms with Crippen molar-refractivity contribution in [1.82, 2.24) is 9.55 Å². The number of benzene rings is 1. The maximum atomic E-state index is 12.5. The van der Waals surface area contributed by atoms with Crippen molar-refractivity contribution in [2.24, 2.45) is 0 Å². The first-order valence-corrected chi connectivity index (χ1v) is 6.67. The van der Waals surface area contributed by atoms with E-state index in [1.54, 1.807) is 6.33 Å². The van der Waals surface area contributed by atoms with Crippen LogP contribution < -0.4 is 0 Å². The van der Waals surface area contributed by atoms with Crippen LogP contribution in [0.1, 0.15) is 47.2 Å². The van der Waals surface area contributed by atoms with Crippen molar-refractivity contribution in [3.05, 3.63) is 53.1 Å². The second kappa shape index (κ2) is 5.39. The molecule has 1 heterocycles. The second-order valence-corrected chi connectivity index (χ2v) is 4.91. The topological polar surface area (TPSA) is 34.9 Å². The molecule has 0 aliphatic rings. The molecule has 0 spiro atoms. The Kier molecular flexibility index (Phi) is 3.84. The molecule has 3 nitrogen and oxygen atoms in total. The summed E-state index contributed by atoms with van der Waals surface area (Å²) in [5.41, 5.74) is 4.03. The molecule has 0 amide bonds. The van der Waals surface area contributed by atoms with E-state index in [1.165, 1.54) is 5.56 Å². The highest BCUT2D eigenvalue weighted by Crippen LogP contribution is 2.18. The van der Waals surface area contributed by atoms with Gasteiger partial charge in [-0.1, -0.05) is 31.2 Å². The predicted molar refractivity (Wildman–Crippen MR) is 76.6 cm³/mol. The predicted octanol–water partition coefficient (Wildman–Crippen LogP) is 3.51. The van der Waals surface area contributed by atoms with Gasteiger partial charge >= 0.3 is 0 Å². The van der Waals surface area contributed by atoms with Crippen LogP contribution in [0.15, 0.2) is 30.6 Å². The van der Waals surface area contributed by atoms with Gasteiger partial charge in [-0.2, -0.15) is 0 Å². The summed E-state index contributed by atoms with van der Waals surface area (Å²) < 4.78 is 1.94. The molecule has 0 aliphatic carbocycles. The molecular weight excluding hydrogens is 236 g/mol. The summed E-state index contributed by atoms with van der Waals surface area (Å²) in [6.07, 6.45) is 2.73. The molecule has 2 aromatic rings. The Bertz CT molecular complexity index is 581. The molecule has 19 heavy (non-hydrogen) atoms. The van der Waals surface area contributed by atoms with E-state index in [1.807, 2.05) is 49.6 Å². The first-order valence-electron chi connectivity index (χ1n) is 6.67. The van der Waals surface area contributed by atoms with Gasteiger partial charge in [0.1, 0.15) is 0 Å². The molecule has 0 aliphatic heterocycles. The average molecular weight is 256 g/mol. The molecule has 0 saturated carbocycles. The number of aryl methyl sites for hydroxylation is 2. The highest BCUT2D eigenvalue weighted by Gasteiger charge is 2.18. The summed E-state index contributed by atoms with van der Waals surface area (Å²) in [5, 5.41) is 0. The van der Waals surface area contributed by atoms with Gasteiger partial charge in [-0.15, -0.1) is 0 Å². The smallest absolute Gasteiger partial charge is 0.185 e. The Hall–Kier alpha value is -1.90. The number of aromatic nitrogens is 2. The van der Waals surface area contributed by atoms with E-state index < -0.39 is 0 Å². The van der Waals surface area contributed by atoms with Crippen LogP contribution >= 0.6 is 0 Å². The fourth-order valence-corrected chi connectivity index (χ4v) is 2.18. The highest BCUT2D eigenvalue weighted by molar-refractivity contribution is 5.98. The number of carbonyl (C=O) groups is 1. The van der Waals surface area contributed by atoms with E-state index in [0.29, 0.717) is 0 Å². The first-order chi connectivity index (χ1) is 9.04. The SMILES string of the molecule is CCc1ccc(C(=O)C(C)n2cnc(C)c2C)cc1. The van der Waals surface area contributed by atoms with E-state index >= 15 is 0 Å². The third kappa shape index (κ3) is 2.60. The lowest BCUT2D eigenvalue weighted by Gasteiger charge is -2.14. The second-order valence-electron chi connectivity index (χ2n) is 4.91. The Balaban J connectivity index is 2.25. The van der Waals surface area contributed by atoms with Gasteiger partial charge in [-0.05, 0) is 32.8 Å². The Morgan fingerprint density at radius 1 is 1.26 bits per heavy atom. The lowest BCUT2D eigenvalue weighted by molar-refractivity contribution is 0.0933. The molecule has 0 fully saturated rings. The molecular formula is C16H20N2O. The molecule has 1 atom stereocenters. The van der Waals surface area contributed by atoms with Gasteiger partial charge in [0.05, 0.1) is 18.1 Å². The standard InChI is InChI=1S/C16H20N2O/c1-5-14-6-8-15(9-7-14)16(19)13(4)18-10-17-11(2)12(18)3/h6-10,13H,5H2,1-4H3. The fourth-order valence-electron chi connectivity index (χ4n) is 2.18. The normalized spacial score (nSPS) is 12.4. The minimum atomic E-state index is -0.214. The number of ketones is 1. The van der Waals surface area contributed by atoms with Gasteiger partial charge in [0.25, 0.3) is 0 Å². The van der Waals surface area contributed by atoms with Crippen molar-refractivity contribution < 1.29 is 4.79 Å². The molecule has 0 N–H and O–H groups in total. The summed E-state index contributed by atoms with van der Waals surface area (Å²) in [4.78, 5) is 16.7. The zero-order valence-corrected chi connectivity index (χ0v) is 12.0. The zero-order valence-electron chi connectivity index (χ0n) is 12.0. The van der Waals surface area contributed by atoms with Gasteiger partial charge in [0, 0.05) is 11.3 Å². The van der Waals surface area contributed by atoms with Crippen LogP contribution in [0, 0.1) is 13.8 Å². The summed E-state index contributed by atoms with van der Waals surface area (Å²) in [6.45, 7) is 7.98. The van der Waals surface area contributed by atoms with Crippen molar-refractivity contribution >= 4 is 5.78 Å². The van der Waals surface area contributed by atoms with Gasteiger partial charge in [-0.25, -0.2) is 4.98 Å². The molecule has 0 bridgehead atoms. The van der Waals surface area contributed by atoms with Gasteiger partial charge in [0.15, 0.2) is 5.78 Å². The molecule has 3 heteroatoms. The lowest BCUT2D eigenvalue weighted by Crippen LogP contribution is -2.17. The Morgan fingerprint density at radius 3 is 2.37 bits per heavy atom. The fraction of sp³-hybridized carbons (Fsp3) is 0.375. The number of hydrogen-bond donors (Lipinski definition) is 0. The van der Waals surface area contributed by atoms with Crippen LogP contribution in [0.3, 0.4) is 0 Å². The molecule has 1 aromatic carbocycles. The van der Waals surface area contributed by atoms with Crippen molar-refractivity contribution in [3.63, 3.8) is 0 Å². The Labute approximate surface area is 114 Å². The van der Waals surface area contributed by atoms with Crippen molar-refractivity contribution in [3.8, 4) is 0 Å². The Morgan fingerprint density at radius 2 is 1.89 bits per heavy atom. The zero-order chi connectivity index (χ0) is 14.0. The quantitative estimate of drug-likeness (QED) is 0.785. The van der Waals surface area contributed by atoms with Crippen LogP contribution in [-0.2, 0) is 6.42 Å². The minimum Gasteiger partial charge on any atom is -0.324 e. The average Bonchev–Trinajstić information content (AvgIpc) is 2.77. The largest absolute Gasteiger partial charge is 0.324 e. The van der Waals surface area contributed by atoms with Gasteiger partial charge < -0.3 is 4.57 Å². The molecule has 0 radical (unpaired) electrons. The van der Waals surface area contributed by atoms with Crippen molar-refractivity contribution in [2.75, 3.05) is 0 Å². The van der Waals surface area contributed by atoms with E-state index in [-0.39, 0.29) is 11.8 Å². The van der Waals surface area contributed by atoms with Crippen LogP contribution in [0.5, 0.6) is 0 Å². The third-order valence-corrected chi connectivity index (χ3v) is 3.73. The maximum absolute atomic E-state index is 12.5. The van der Waals surface area contributed by atoms with Crippen LogP contribution in [0.2, 0.25) is 0 Å². The third-order valence-electron chi connectivity index (χ3n) is 3.73. The van der Waals surface area contributed by atoms with E-state index in [4.69, 9.17) is 0 Å². The highest BCUT2D eigenvalue weighted by atomic mass is 16.1. The van der Waals surface area contributed by atoms with Crippen molar-refractivity contribution in [1.29, 1.82) is 0 Å². The van der Waals surface area contributed by atoms with Crippen molar-refractivity contribution in [2.45, 2.75) is 40.2 Å². The minimum absolute atomic E-state index is 0.128. The monoisotopic (exact) mass is 256 g/mol. The van der Waals surface area contributed by atoms with Gasteiger partial charge in [-0.3, -0.25) is 4.79 Å². The molecule has 1 aromatic heterocycles.